The zero-order valence-electron chi connectivity index (χ0n) is 9.51. The first-order valence-electron chi connectivity index (χ1n) is 5.31. The van der Waals surface area contributed by atoms with E-state index < -0.39 is 0 Å². The zero-order valence-corrected chi connectivity index (χ0v) is 10.3. The molecule has 1 fully saturated rings. The van der Waals surface area contributed by atoms with E-state index in [1.165, 1.54) is 11.3 Å². The normalized spacial score (nSPS) is 25.2. The number of ether oxygens (including phenoxy) is 1. The van der Waals surface area contributed by atoms with Crippen LogP contribution in [0.2, 0.25) is 0 Å². The van der Waals surface area contributed by atoms with Crippen LogP contribution in [0.1, 0.15) is 18.4 Å². The fourth-order valence-electron chi connectivity index (χ4n) is 2.01. The van der Waals surface area contributed by atoms with E-state index in [0.717, 1.165) is 24.6 Å². The van der Waals surface area contributed by atoms with Gasteiger partial charge in [-0.05, 0) is 20.4 Å². The second-order valence-electron chi connectivity index (χ2n) is 3.99. The molecule has 1 aliphatic rings. The number of nitrogens with two attached hydrogens (primary N) is 1. The van der Waals surface area contributed by atoms with Gasteiger partial charge in [0.1, 0.15) is 5.01 Å². The largest absolute Gasteiger partial charge is 0.377 e. The van der Waals surface area contributed by atoms with Gasteiger partial charge in [0.15, 0.2) is 0 Å². The molecule has 1 aliphatic heterocycles. The van der Waals surface area contributed by atoms with E-state index in [9.17, 15) is 0 Å². The van der Waals surface area contributed by atoms with Crippen LogP contribution in [0.4, 0.5) is 5.13 Å². The van der Waals surface area contributed by atoms with E-state index in [4.69, 9.17) is 10.6 Å². The minimum absolute atomic E-state index is 0.296. The summed E-state index contributed by atoms with van der Waals surface area (Å²) in [6.45, 7) is 3.75. The van der Waals surface area contributed by atoms with Crippen LogP contribution in [0.3, 0.4) is 0 Å². The van der Waals surface area contributed by atoms with Crippen LogP contribution in [0.15, 0.2) is 0 Å². The van der Waals surface area contributed by atoms with Crippen molar-refractivity contribution in [2.75, 3.05) is 19.1 Å². The number of nitrogen functional groups attached to an aromatic ring is 1. The van der Waals surface area contributed by atoms with Gasteiger partial charge in [-0.1, -0.05) is 11.3 Å². The lowest BCUT2D eigenvalue weighted by atomic mass is 10.1. The number of nitrogens with one attached hydrogen (secondary N) is 1. The highest BCUT2D eigenvalue weighted by Crippen LogP contribution is 2.22. The summed E-state index contributed by atoms with van der Waals surface area (Å²) in [7, 11) is 2.09. The van der Waals surface area contributed by atoms with E-state index >= 15 is 0 Å². The molecule has 1 aromatic rings. The van der Waals surface area contributed by atoms with Gasteiger partial charge in [-0.3, -0.25) is 10.3 Å². The predicted octanol–water partition coefficient (Wildman–Crippen LogP) is 0.433. The van der Waals surface area contributed by atoms with Crippen molar-refractivity contribution < 1.29 is 4.74 Å². The van der Waals surface area contributed by atoms with E-state index in [1.54, 1.807) is 0 Å². The Balaban J connectivity index is 1.93. The lowest BCUT2D eigenvalue weighted by Gasteiger charge is -2.25. The quantitative estimate of drug-likeness (QED) is 0.590. The maximum atomic E-state index is 5.54. The molecule has 0 saturated carbocycles. The first kappa shape index (κ1) is 11.7. The maximum Gasteiger partial charge on any atom is 0.219 e. The highest BCUT2D eigenvalue weighted by atomic mass is 32.1. The molecule has 1 aromatic heterocycles. The van der Waals surface area contributed by atoms with Gasteiger partial charge >= 0.3 is 0 Å². The fraction of sp³-hybridized carbons (Fsp3) is 0.778. The predicted molar refractivity (Wildman–Crippen MR) is 63.0 cm³/mol. The van der Waals surface area contributed by atoms with Gasteiger partial charge in [0.25, 0.3) is 0 Å². The van der Waals surface area contributed by atoms with Crippen LogP contribution >= 0.6 is 11.3 Å². The van der Waals surface area contributed by atoms with Crippen LogP contribution in [-0.4, -0.2) is 40.9 Å². The van der Waals surface area contributed by atoms with Crippen LogP contribution in [0.25, 0.3) is 0 Å². The van der Waals surface area contributed by atoms with Gasteiger partial charge < -0.3 is 4.74 Å². The van der Waals surface area contributed by atoms with Crippen molar-refractivity contribution >= 4 is 16.5 Å². The third-order valence-corrected chi connectivity index (χ3v) is 3.72. The maximum absolute atomic E-state index is 5.54. The minimum atomic E-state index is 0.296. The first-order valence-corrected chi connectivity index (χ1v) is 6.13. The number of rotatable bonds is 4. The zero-order chi connectivity index (χ0) is 11.5. The second kappa shape index (κ2) is 5.05. The summed E-state index contributed by atoms with van der Waals surface area (Å²) in [6, 6.07) is 0.471. The third-order valence-electron chi connectivity index (χ3n) is 2.88. The summed E-state index contributed by atoms with van der Waals surface area (Å²) in [5, 5.41) is 9.59. The Labute approximate surface area is 98.8 Å². The Morgan fingerprint density at radius 1 is 1.62 bits per heavy atom. The molecule has 2 heterocycles. The first-order chi connectivity index (χ1) is 7.70. The molecule has 2 rings (SSSR count). The van der Waals surface area contributed by atoms with E-state index in [1.807, 2.05) is 0 Å². The third kappa shape index (κ3) is 2.49. The number of anilines is 1. The molecule has 16 heavy (non-hydrogen) atoms. The number of aromatic nitrogens is 2. The Morgan fingerprint density at radius 2 is 2.44 bits per heavy atom. The Kier molecular flexibility index (Phi) is 3.70. The molecule has 0 bridgehead atoms. The fourth-order valence-corrected chi connectivity index (χ4v) is 2.72. The summed E-state index contributed by atoms with van der Waals surface area (Å²) >= 11 is 1.48. The standard InChI is InChI=1S/C9H17N5OS/c1-6-7(3-4-15-6)14(2)5-8-12-13-9(11-10)16-8/h6-7H,3-5,10H2,1-2H3,(H,11,13). The molecule has 0 spiro atoms. The summed E-state index contributed by atoms with van der Waals surface area (Å²) in [5.74, 6) is 5.26. The van der Waals surface area contributed by atoms with Crippen molar-refractivity contribution in [2.45, 2.75) is 32.0 Å². The van der Waals surface area contributed by atoms with E-state index in [0.29, 0.717) is 17.3 Å². The van der Waals surface area contributed by atoms with Gasteiger partial charge in [-0.2, -0.15) is 0 Å². The van der Waals surface area contributed by atoms with Crippen LogP contribution in [0.5, 0.6) is 0 Å². The van der Waals surface area contributed by atoms with Crippen LogP contribution in [0, 0.1) is 0 Å². The van der Waals surface area contributed by atoms with E-state index in [-0.39, 0.29) is 0 Å². The van der Waals surface area contributed by atoms with Crippen molar-refractivity contribution in [1.29, 1.82) is 0 Å². The topological polar surface area (TPSA) is 76.3 Å². The Morgan fingerprint density at radius 3 is 3.00 bits per heavy atom. The van der Waals surface area contributed by atoms with Crippen LogP contribution < -0.4 is 11.3 Å². The second-order valence-corrected chi connectivity index (χ2v) is 5.05. The summed E-state index contributed by atoms with van der Waals surface area (Å²) in [5.41, 5.74) is 2.50. The molecule has 0 aliphatic carbocycles. The molecule has 2 unspecified atom stereocenters. The van der Waals surface area contributed by atoms with Crippen LogP contribution in [-0.2, 0) is 11.3 Å². The van der Waals surface area contributed by atoms with Gasteiger partial charge in [0.2, 0.25) is 5.13 Å². The number of nitrogens with zero attached hydrogens (tertiary/aromatic N) is 3. The highest BCUT2D eigenvalue weighted by Gasteiger charge is 2.28. The average Bonchev–Trinajstić information content (AvgIpc) is 2.86. The molecule has 0 aromatic carbocycles. The summed E-state index contributed by atoms with van der Waals surface area (Å²) in [6.07, 6.45) is 1.38. The molecular weight excluding hydrogens is 226 g/mol. The van der Waals surface area contributed by atoms with Gasteiger partial charge in [0.05, 0.1) is 12.6 Å². The van der Waals surface area contributed by atoms with Gasteiger partial charge in [-0.15, -0.1) is 10.2 Å². The number of likely N-dealkylation sites (N-methyl/N-ethyl adjacent to an activating group) is 1. The van der Waals surface area contributed by atoms with Crippen molar-refractivity contribution in [3.05, 3.63) is 5.01 Å². The van der Waals surface area contributed by atoms with Gasteiger partial charge in [0, 0.05) is 12.6 Å². The highest BCUT2D eigenvalue weighted by molar-refractivity contribution is 7.15. The molecule has 90 valence electrons. The Hall–Kier alpha value is -0.760. The molecule has 6 nitrogen and oxygen atoms in total. The molecule has 7 heteroatoms. The Bertz CT molecular complexity index is 344. The van der Waals surface area contributed by atoms with Crippen molar-refractivity contribution in [3.63, 3.8) is 0 Å². The van der Waals surface area contributed by atoms with Crippen molar-refractivity contribution in [2.24, 2.45) is 5.84 Å². The number of hydrogen-bond acceptors (Lipinski definition) is 7. The minimum Gasteiger partial charge on any atom is -0.377 e. The van der Waals surface area contributed by atoms with Crippen molar-refractivity contribution in [1.82, 2.24) is 15.1 Å². The molecule has 3 N–H and O–H groups in total. The number of hydrazine groups is 1. The molecule has 1 saturated heterocycles. The average molecular weight is 243 g/mol. The number of hydrogen-bond donors (Lipinski definition) is 2. The summed E-state index contributed by atoms with van der Waals surface area (Å²) in [4.78, 5) is 2.26. The van der Waals surface area contributed by atoms with Crippen molar-refractivity contribution in [3.8, 4) is 0 Å². The van der Waals surface area contributed by atoms with Gasteiger partial charge in [-0.25, -0.2) is 5.84 Å². The lowest BCUT2D eigenvalue weighted by Crippen LogP contribution is -2.36. The molecular formula is C9H17N5OS. The lowest BCUT2D eigenvalue weighted by molar-refractivity contribution is 0.0813. The molecule has 0 radical (unpaired) electrons. The molecule has 0 amide bonds. The smallest absolute Gasteiger partial charge is 0.219 e. The molecule has 2 atom stereocenters. The monoisotopic (exact) mass is 243 g/mol. The van der Waals surface area contributed by atoms with E-state index in [2.05, 4.69) is 34.5 Å². The summed E-state index contributed by atoms with van der Waals surface area (Å²) < 4.78 is 5.54. The SMILES string of the molecule is CC1OCCC1N(C)Cc1nnc(NN)s1.